The second kappa shape index (κ2) is 8.21. The number of carbonyl (C=O) groups is 2. The first-order valence-corrected chi connectivity index (χ1v) is 10.1. The molecule has 2 atom stereocenters. The molecule has 1 unspecified atom stereocenters. The van der Waals surface area contributed by atoms with Crippen LogP contribution in [0.1, 0.15) is 21.6 Å². The molecule has 1 aliphatic rings. The molecule has 0 fully saturated rings. The number of nitrogens with one attached hydrogen (secondary N) is 2. The van der Waals surface area contributed by atoms with Crippen LogP contribution in [0.3, 0.4) is 0 Å². The lowest BCUT2D eigenvalue weighted by Gasteiger charge is -2.34. The number of aromatic amines is 1. The van der Waals surface area contributed by atoms with Crippen molar-refractivity contribution in [1.29, 1.82) is 5.26 Å². The third-order valence-corrected chi connectivity index (χ3v) is 5.86. The molecule has 7 heteroatoms. The largest absolute Gasteiger partial charge is 0.351 e. The Morgan fingerprint density at radius 1 is 1.20 bits per heavy atom. The maximum absolute atomic E-state index is 13.0. The molecule has 2 aromatic carbocycles. The summed E-state index contributed by atoms with van der Waals surface area (Å²) in [5.41, 5.74) is 3.47. The Labute approximate surface area is 179 Å². The van der Waals surface area contributed by atoms with E-state index in [4.69, 9.17) is 16.9 Å². The molecule has 30 heavy (non-hydrogen) atoms. The number of H-pyrrole nitrogens is 1. The van der Waals surface area contributed by atoms with E-state index in [2.05, 4.69) is 10.3 Å². The number of benzene rings is 2. The van der Waals surface area contributed by atoms with Gasteiger partial charge in [0.2, 0.25) is 5.91 Å². The zero-order valence-electron chi connectivity index (χ0n) is 16.5. The van der Waals surface area contributed by atoms with Crippen LogP contribution < -0.4 is 5.32 Å². The molecule has 1 heterocycles. The molecule has 4 rings (SSSR count). The number of aromatic nitrogens is 1. The molecule has 2 amide bonds. The van der Waals surface area contributed by atoms with Gasteiger partial charge in [0, 0.05) is 29.0 Å². The van der Waals surface area contributed by atoms with Gasteiger partial charge >= 0.3 is 0 Å². The molecule has 0 spiro atoms. The minimum Gasteiger partial charge on any atom is -0.351 e. The second-order valence-corrected chi connectivity index (χ2v) is 8.07. The summed E-state index contributed by atoms with van der Waals surface area (Å²) in [5.74, 6) is -0.840. The number of rotatable bonds is 4. The number of nitrogens with zero attached hydrogens (tertiary/aromatic N) is 2. The summed E-state index contributed by atoms with van der Waals surface area (Å²) in [5, 5.41) is 13.5. The van der Waals surface area contributed by atoms with Gasteiger partial charge in [0.1, 0.15) is 12.2 Å². The Balaban J connectivity index is 1.60. The Kier molecular flexibility index (Phi) is 5.47. The van der Waals surface area contributed by atoms with E-state index in [1.165, 1.54) is 4.90 Å². The van der Waals surface area contributed by atoms with Crippen LogP contribution in [0.15, 0.2) is 48.5 Å². The number of fused-ring (bicyclic) bond motifs is 2. The topological polar surface area (TPSA) is 89.0 Å². The van der Waals surface area contributed by atoms with Crippen LogP contribution in [0, 0.1) is 17.2 Å². The number of carbonyl (C=O) groups excluding carboxylic acids is 2. The van der Waals surface area contributed by atoms with E-state index >= 15 is 0 Å². The summed E-state index contributed by atoms with van der Waals surface area (Å²) in [6.07, 6.45) is 1.09. The highest BCUT2D eigenvalue weighted by Crippen LogP contribution is 2.28. The number of hydrogen-bond donors (Lipinski definition) is 2. The molecule has 1 aromatic heterocycles. The SMILES string of the molecule is CN(CC#N)C(=O)[C@@H]1Cc2ccccc2CC1NC(=O)c1cc2cc(Cl)ccc2[nH]1. The van der Waals surface area contributed by atoms with Crippen molar-refractivity contribution >= 4 is 34.3 Å². The third kappa shape index (κ3) is 3.89. The fraction of sp³-hybridized carbons (Fsp3) is 0.261. The molecular weight excluding hydrogens is 400 g/mol. The number of amides is 2. The average molecular weight is 421 g/mol. The molecule has 0 radical (unpaired) electrons. The van der Waals surface area contributed by atoms with E-state index in [1.807, 2.05) is 36.4 Å². The van der Waals surface area contributed by atoms with Crippen LogP contribution in [-0.4, -0.2) is 41.3 Å². The molecule has 0 saturated heterocycles. The van der Waals surface area contributed by atoms with Crippen LogP contribution in [0.2, 0.25) is 5.02 Å². The Hall–Kier alpha value is -3.30. The van der Waals surface area contributed by atoms with Gasteiger partial charge in [-0.2, -0.15) is 5.26 Å². The van der Waals surface area contributed by atoms with Crippen LogP contribution >= 0.6 is 11.6 Å². The van der Waals surface area contributed by atoms with Crippen molar-refractivity contribution in [3.63, 3.8) is 0 Å². The first kappa shape index (κ1) is 20.0. The summed E-state index contributed by atoms with van der Waals surface area (Å²) < 4.78 is 0. The highest BCUT2D eigenvalue weighted by atomic mass is 35.5. The lowest BCUT2D eigenvalue weighted by molar-refractivity contribution is -0.134. The van der Waals surface area contributed by atoms with Crippen LogP contribution in [0.4, 0.5) is 0 Å². The molecule has 0 aliphatic heterocycles. The highest BCUT2D eigenvalue weighted by molar-refractivity contribution is 6.31. The average Bonchev–Trinajstić information content (AvgIpc) is 3.16. The summed E-state index contributed by atoms with van der Waals surface area (Å²) in [7, 11) is 1.62. The second-order valence-electron chi connectivity index (χ2n) is 7.63. The van der Waals surface area contributed by atoms with E-state index in [0.717, 1.165) is 22.0 Å². The van der Waals surface area contributed by atoms with Crippen molar-refractivity contribution in [3.05, 3.63) is 70.4 Å². The van der Waals surface area contributed by atoms with Crippen LogP contribution in [0.5, 0.6) is 0 Å². The van der Waals surface area contributed by atoms with Gasteiger partial charge in [-0.25, -0.2) is 0 Å². The Bertz CT molecular complexity index is 1160. The summed E-state index contributed by atoms with van der Waals surface area (Å²) in [6.45, 7) is 0.0143. The van der Waals surface area contributed by atoms with Crippen molar-refractivity contribution < 1.29 is 9.59 Å². The molecule has 1 aliphatic carbocycles. The van der Waals surface area contributed by atoms with Gasteiger partial charge < -0.3 is 15.2 Å². The van der Waals surface area contributed by atoms with Gasteiger partial charge in [-0.1, -0.05) is 35.9 Å². The van der Waals surface area contributed by atoms with Crippen molar-refractivity contribution in [3.8, 4) is 6.07 Å². The molecule has 6 nitrogen and oxygen atoms in total. The molecule has 152 valence electrons. The standard InChI is InChI=1S/C23H21ClN4O2/c1-28(9-8-25)23(30)18-11-14-4-2-3-5-15(14)12-20(18)27-22(29)21-13-16-10-17(24)6-7-19(16)26-21/h2-7,10,13,18,20,26H,9,11-12H2,1H3,(H,27,29)/t18-,20?/m1/s1. The zero-order valence-corrected chi connectivity index (χ0v) is 17.2. The summed E-state index contributed by atoms with van der Waals surface area (Å²) >= 11 is 6.04. The normalized spacial score (nSPS) is 17.8. The van der Waals surface area contributed by atoms with E-state index in [1.54, 1.807) is 25.2 Å². The van der Waals surface area contributed by atoms with E-state index in [9.17, 15) is 9.59 Å². The first-order valence-electron chi connectivity index (χ1n) is 9.74. The number of halogens is 1. The minimum atomic E-state index is -0.430. The quantitative estimate of drug-likeness (QED) is 0.634. The predicted molar refractivity (Wildman–Crippen MR) is 115 cm³/mol. The van der Waals surface area contributed by atoms with Crippen molar-refractivity contribution in [2.24, 2.45) is 5.92 Å². The van der Waals surface area contributed by atoms with Gasteiger partial charge in [0.25, 0.3) is 5.91 Å². The fourth-order valence-corrected chi connectivity index (χ4v) is 4.24. The molecule has 0 saturated carbocycles. The van der Waals surface area contributed by atoms with Gasteiger partial charge in [0.05, 0.1) is 12.0 Å². The van der Waals surface area contributed by atoms with Gasteiger partial charge in [-0.05, 0) is 48.2 Å². The monoisotopic (exact) mass is 420 g/mol. The predicted octanol–water partition coefficient (Wildman–Crippen LogP) is 3.32. The fourth-order valence-electron chi connectivity index (χ4n) is 4.06. The Morgan fingerprint density at radius 3 is 2.67 bits per heavy atom. The van der Waals surface area contributed by atoms with Crippen molar-refractivity contribution in [1.82, 2.24) is 15.2 Å². The highest BCUT2D eigenvalue weighted by Gasteiger charge is 2.36. The molecule has 2 N–H and O–H groups in total. The van der Waals surface area contributed by atoms with Crippen molar-refractivity contribution in [2.45, 2.75) is 18.9 Å². The van der Waals surface area contributed by atoms with E-state index in [-0.39, 0.29) is 24.4 Å². The minimum absolute atomic E-state index is 0.0143. The maximum Gasteiger partial charge on any atom is 0.267 e. The maximum atomic E-state index is 13.0. The van der Waals surface area contributed by atoms with E-state index in [0.29, 0.717) is 23.6 Å². The Morgan fingerprint density at radius 2 is 1.93 bits per heavy atom. The molecular formula is C23H21ClN4O2. The lowest BCUT2D eigenvalue weighted by Crippen LogP contribution is -2.51. The van der Waals surface area contributed by atoms with Crippen LogP contribution in [-0.2, 0) is 17.6 Å². The molecule has 3 aromatic rings. The third-order valence-electron chi connectivity index (χ3n) is 5.63. The number of hydrogen-bond acceptors (Lipinski definition) is 3. The summed E-state index contributed by atoms with van der Waals surface area (Å²) in [4.78, 5) is 30.5. The van der Waals surface area contributed by atoms with Gasteiger partial charge in [-0.15, -0.1) is 0 Å². The van der Waals surface area contributed by atoms with Gasteiger partial charge in [-0.3, -0.25) is 9.59 Å². The van der Waals surface area contributed by atoms with E-state index < -0.39 is 5.92 Å². The lowest BCUT2D eigenvalue weighted by atomic mass is 9.79. The first-order chi connectivity index (χ1) is 14.5. The van der Waals surface area contributed by atoms with Crippen molar-refractivity contribution in [2.75, 3.05) is 13.6 Å². The van der Waals surface area contributed by atoms with Crippen LogP contribution in [0.25, 0.3) is 10.9 Å². The smallest absolute Gasteiger partial charge is 0.267 e. The summed E-state index contributed by atoms with van der Waals surface area (Å²) in [6, 6.07) is 16.7. The van der Waals surface area contributed by atoms with Gasteiger partial charge in [0.15, 0.2) is 0 Å². The zero-order chi connectivity index (χ0) is 21.3. The number of nitriles is 1. The molecule has 0 bridgehead atoms.